The summed E-state index contributed by atoms with van der Waals surface area (Å²) in [5.41, 5.74) is 4.72. The summed E-state index contributed by atoms with van der Waals surface area (Å²) in [6.45, 7) is 0.614. The SMILES string of the molecule is c1ccc(C2=NN=[N+](c3cccc(-c4ccccn4)c3)C2)nc1. The van der Waals surface area contributed by atoms with E-state index in [1.807, 2.05) is 59.3 Å². The van der Waals surface area contributed by atoms with Crippen LogP contribution in [0.1, 0.15) is 5.69 Å². The molecule has 110 valence electrons. The van der Waals surface area contributed by atoms with E-state index in [0.717, 1.165) is 28.4 Å². The van der Waals surface area contributed by atoms with E-state index in [1.165, 1.54) is 0 Å². The van der Waals surface area contributed by atoms with Gasteiger partial charge in [-0.1, -0.05) is 24.3 Å². The van der Waals surface area contributed by atoms with E-state index in [-0.39, 0.29) is 0 Å². The minimum Gasteiger partial charge on any atom is -0.256 e. The van der Waals surface area contributed by atoms with Gasteiger partial charge in [-0.15, -0.1) is 4.70 Å². The fourth-order valence-corrected chi connectivity index (χ4v) is 2.48. The van der Waals surface area contributed by atoms with Gasteiger partial charge in [0.25, 0.3) is 0 Å². The Hall–Kier alpha value is -3.21. The van der Waals surface area contributed by atoms with Gasteiger partial charge in [0, 0.05) is 18.0 Å². The van der Waals surface area contributed by atoms with Crippen LogP contribution in [-0.2, 0) is 0 Å². The molecular weight excluding hydrogens is 286 g/mol. The molecule has 0 saturated carbocycles. The van der Waals surface area contributed by atoms with Gasteiger partial charge >= 0.3 is 0 Å². The molecule has 0 saturated heterocycles. The van der Waals surface area contributed by atoms with Gasteiger partial charge < -0.3 is 0 Å². The quantitative estimate of drug-likeness (QED) is 0.693. The van der Waals surface area contributed by atoms with Gasteiger partial charge in [-0.3, -0.25) is 9.97 Å². The van der Waals surface area contributed by atoms with Crippen molar-refractivity contribution in [2.24, 2.45) is 10.3 Å². The normalized spacial score (nSPS) is 13.6. The predicted molar refractivity (Wildman–Crippen MR) is 87.7 cm³/mol. The maximum atomic E-state index is 4.39. The van der Waals surface area contributed by atoms with Gasteiger partial charge in [-0.25, -0.2) is 0 Å². The van der Waals surface area contributed by atoms with Crippen molar-refractivity contribution in [3.05, 3.63) is 78.8 Å². The highest BCUT2D eigenvalue weighted by atomic mass is 15.5. The lowest BCUT2D eigenvalue weighted by Gasteiger charge is -2.03. The molecule has 0 fully saturated rings. The highest BCUT2D eigenvalue weighted by Gasteiger charge is 2.24. The minimum absolute atomic E-state index is 0.614. The van der Waals surface area contributed by atoms with E-state index in [4.69, 9.17) is 0 Å². The first-order chi connectivity index (χ1) is 11.4. The second kappa shape index (κ2) is 5.88. The Labute approximate surface area is 133 Å². The molecule has 0 N–H and O–H groups in total. The molecule has 0 atom stereocenters. The van der Waals surface area contributed by atoms with Crippen LogP contribution >= 0.6 is 0 Å². The number of aromatic nitrogens is 2. The highest BCUT2D eigenvalue weighted by molar-refractivity contribution is 6.00. The smallest absolute Gasteiger partial charge is 0.249 e. The number of nitrogens with zero attached hydrogens (tertiary/aromatic N) is 5. The first kappa shape index (κ1) is 13.5. The predicted octanol–water partition coefficient (Wildman–Crippen LogP) is 3.66. The molecule has 0 aliphatic carbocycles. The number of hydrogen-bond donors (Lipinski definition) is 0. The number of hydrogen-bond acceptors (Lipinski definition) is 4. The van der Waals surface area contributed by atoms with E-state index in [2.05, 4.69) is 26.4 Å². The van der Waals surface area contributed by atoms with Crippen molar-refractivity contribution in [2.75, 3.05) is 6.54 Å². The lowest BCUT2D eigenvalue weighted by atomic mass is 10.1. The Morgan fingerprint density at radius 2 is 1.57 bits per heavy atom. The Balaban J connectivity index is 1.59. The van der Waals surface area contributed by atoms with Gasteiger partial charge in [-0.2, -0.15) is 0 Å². The maximum absolute atomic E-state index is 4.39. The van der Waals surface area contributed by atoms with Gasteiger partial charge in [-0.05, 0) is 36.4 Å². The molecule has 0 radical (unpaired) electrons. The van der Waals surface area contributed by atoms with Gasteiger partial charge in [0.05, 0.1) is 10.8 Å². The van der Waals surface area contributed by atoms with E-state index in [1.54, 1.807) is 12.4 Å². The zero-order valence-electron chi connectivity index (χ0n) is 12.4. The van der Waals surface area contributed by atoms with Crippen LogP contribution in [0.4, 0.5) is 5.69 Å². The third kappa shape index (κ3) is 2.76. The van der Waals surface area contributed by atoms with Crippen molar-refractivity contribution < 1.29 is 4.70 Å². The lowest BCUT2D eigenvalue weighted by molar-refractivity contribution is -0.492. The van der Waals surface area contributed by atoms with Crippen molar-refractivity contribution >= 4 is 11.4 Å². The van der Waals surface area contributed by atoms with Crippen molar-refractivity contribution in [2.45, 2.75) is 0 Å². The Morgan fingerprint density at radius 1 is 0.783 bits per heavy atom. The standard InChI is InChI=1S/C18H14N5/c1-3-10-19-16(8-1)14-6-5-7-15(12-14)23-13-18(21-22-23)17-9-2-4-11-20-17/h1-12H,13H2/q+1. The molecule has 5 nitrogen and oxygen atoms in total. The molecule has 1 aliphatic rings. The number of pyridine rings is 2. The molecule has 0 unspecified atom stereocenters. The molecule has 4 rings (SSSR count). The molecule has 0 amide bonds. The van der Waals surface area contributed by atoms with E-state index < -0.39 is 0 Å². The van der Waals surface area contributed by atoms with Crippen molar-refractivity contribution in [3.63, 3.8) is 0 Å². The maximum Gasteiger partial charge on any atom is 0.249 e. The van der Waals surface area contributed by atoms with Crippen LogP contribution in [0.5, 0.6) is 0 Å². The molecule has 0 spiro atoms. The van der Waals surface area contributed by atoms with Gasteiger partial charge in [0.1, 0.15) is 10.9 Å². The third-order valence-electron chi connectivity index (χ3n) is 3.64. The Morgan fingerprint density at radius 3 is 2.30 bits per heavy atom. The number of rotatable bonds is 3. The summed E-state index contributed by atoms with van der Waals surface area (Å²) < 4.78 is 1.87. The molecule has 5 heteroatoms. The largest absolute Gasteiger partial charge is 0.256 e. The Bertz CT molecular complexity index is 886. The van der Waals surface area contributed by atoms with Crippen LogP contribution < -0.4 is 0 Å². The summed E-state index contributed by atoms with van der Waals surface area (Å²) in [4.78, 5) is 8.72. The van der Waals surface area contributed by atoms with E-state index in [9.17, 15) is 0 Å². The Kier molecular flexibility index (Phi) is 3.44. The topological polar surface area (TPSA) is 53.5 Å². The average Bonchev–Trinajstić information content (AvgIpc) is 3.14. The minimum atomic E-state index is 0.614. The summed E-state index contributed by atoms with van der Waals surface area (Å²) in [6.07, 6.45) is 3.56. The lowest BCUT2D eigenvalue weighted by Crippen LogP contribution is -2.12. The molecule has 0 bridgehead atoms. The molecular formula is C18H14N5+. The highest BCUT2D eigenvalue weighted by Crippen LogP contribution is 2.24. The first-order valence-electron chi connectivity index (χ1n) is 7.38. The fourth-order valence-electron chi connectivity index (χ4n) is 2.48. The third-order valence-corrected chi connectivity index (χ3v) is 3.64. The van der Waals surface area contributed by atoms with Gasteiger partial charge in [0.15, 0.2) is 12.2 Å². The summed E-state index contributed by atoms with van der Waals surface area (Å²) in [5, 5.41) is 8.52. The van der Waals surface area contributed by atoms with Gasteiger partial charge in [0.2, 0.25) is 5.71 Å². The molecule has 2 aromatic heterocycles. The van der Waals surface area contributed by atoms with E-state index >= 15 is 0 Å². The fraction of sp³-hybridized carbons (Fsp3) is 0.0556. The zero-order valence-corrected chi connectivity index (χ0v) is 12.4. The number of benzene rings is 1. The second-order valence-electron chi connectivity index (χ2n) is 5.17. The molecule has 23 heavy (non-hydrogen) atoms. The van der Waals surface area contributed by atoms with Crippen LogP contribution in [-0.4, -0.2) is 26.9 Å². The summed E-state index contributed by atoms with van der Waals surface area (Å²) >= 11 is 0. The average molecular weight is 300 g/mol. The monoisotopic (exact) mass is 300 g/mol. The van der Waals surface area contributed by atoms with Crippen LogP contribution in [0, 0.1) is 0 Å². The summed E-state index contributed by atoms with van der Waals surface area (Å²) in [7, 11) is 0. The zero-order chi connectivity index (χ0) is 15.5. The van der Waals surface area contributed by atoms with E-state index in [0.29, 0.717) is 6.54 Å². The summed E-state index contributed by atoms with van der Waals surface area (Å²) in [5.74, 6) is 0. The van der Waals surface area contributed by atoms with Crippen molar-refractivity contribution in [1.82, 2.24) is 9.97 Å². The second-order valence-corrected chi connectivity index (χ2v) is 5.17. The van der Waals surface area contributed by atoms with Crippen LogP contribution in [0.25, 0.3) is 11.3 Å². The summed E-state index contributed by atoms with van der Waals surface area (Å²) in [6, 6.07) is 19.8. The van der Waals surface area contributed by atoms with Crippen molar-refractivity contribution in [1.29, 1.82) is 0 Å². The molecule has 3 heterocycles. The van der Waals surface area contributed by atoms with Crippen LogP contribution in [0.15, 0.2) is 83.4 Å². The van der Waals surface area contributed by atoms with Crippen molar-refractivity contribution in [3.8, 4) is 11.3 Å². The molecule has 1 aliphatic heterocycles. The van der Waals surface area contributed by atoms with Crippen LogP contribution in [0.2, 0.25) is 0 Å². The molecule has 1 aromatic carbocycles. The first-order valence-corrected chi connectivity index (χ1v) is 7.38. The molecule has 3 aromatic rings. The van der Waals surface area contributed by atoms with Crippen LogP contribution in [0.3, 0.4) is 0 Å².